The van der Waals surface area contributed by atoms with Crippen LogP contribution < -0.4 is 4.74 Å². The molecule has 0 atom stereocenters. The van der Waals surface area contributed by atoms with Gasteiger partial charge in [-0.15, -0.1) is 0 Å². The summed E-state index contributed by atoms with van der Waals surface area (Å²) >= 11 is 0. The highest BCUT2D eigenvalue weighted by Crippen LogP contribution is 2.05. The molecule has 3 nitrogen and oxygen atoms in total. The van der Waals surface area contributed by atoms with Crippen LogP contribution in [0.3, 0.4) is 0 Å². The molecule has 0 aliphatic heterocycles. The lowest BCUT2D eigenvalue weighted by molar-refractivity contribution is -0.143. The number of esters is 1. The van der Waals surface area contributed by atoms with Gasteiger partial charge in [0.25, 0.3) is 0 Å². The van der Waals surface area contributed by atoms with E-state index in [1.54, 1.807) is 7.11 Å². The molecule has 0 fully saturated rings. The summed E-state index contributed by atoms with van der Waals surface area (Å²) in [5, 5.41) is 0. The van der Waals surface area contributed by atoms with Gasteiger partial charge in [-0.3, -0.25) is 4.79 Å². The van der Waals surface area contributed by atoms with Crippen LogP contribution in [0.4, 0.5) is 0 Å². The summed E-state index contributed by atoms with van der Waals surface area (Å²) in [6, 6.07) is 9.68. The number of ether oxygens (including phenoxy) is 2. The molecule has 0 heterocycles. The average Bonchev–Trinajstić information content (AvgIpc) is 2.38. The largest absolute Gasteiger partial charge is 0.497 e. The highest BCUT2D eigenvalue weighted by Gasteiger charge is 1.96. The number of carbonyl (C=O) groups is 1. The lowest BCUT2D eigenvalue weighted by atomic mass is 10.3. The molecule has 1 rings (SSSR count). The zero-order valence-electron chi connectivity index (χ0n) is 10.9. The number of rotatable bonds is 5. The van der Waals surface area contributed by atoms with Gasteiger partial charge in [0.05, 0.1) is 13.7 Å². The van der Waals surface area contributed by atoms with Crippen LogP contribution in [0.25, 0.3) is 0 Å². The van der Waals surface area contributed by atoms with Crippen molar-refractivity contribution in [1.29, 1.82) is 0 Å². The van der Waals surface area contributed by atoms with E-state index in [9.17, 15) is 4.79 Å². The van der Waals surface area contributed by atoms with Gasteiger partial charge in [0.1, 0.15) is 5.75 Å². The fraction of sp³-hybridized carbons (Fsp3) is 0.500. The SMILES string of the molecule is CCCOC(=O)CCC.COc1ccccc1. The Hall–Kier alpha value is -1.51. The van der Waals surface area contributed by atoms with Gasteiger partial charge in [0.2, 0.25) is 0 Å². The Kier molecular flexibility index (Phi) is 10.0. The minimum absolute atomic E-state index is 0.0700. The molecular weight excluding hydrogens is 216 g/mol. The van der Waals surface area contributed by atoms with Gasteiger partial charge in [-0.2, -0.15) is 0 Å². The number of benzene rings is 1. The van der Waals surface area contributed by atoms with E-state index >= 15 is 0 Å². The first-order valence-corrected chi connectivity index (χ1v) is 5.99. The maximum Gasteiger partial charge on any atom is 0.305 e. The van der Waals surface area contributed by atoms with Crippen LogP contribution in [0.15, 0.2) is 30.3 Å². The standard InChI is InChI=1S/C7H14O2.C7H8O/c1-3-5-7(8)9-6-4-2;1-8-7-5-3-2-4-6-7/h3-6H2,1-2H3;2-6H,1H3. The van der Waals surface area contributed by atoms with Crippen LogP contribution in [-0.2, 0) is 9.53 Å². The van der Waals surface area contributed by atoms with Crippen molar-refractivity contribution in [2.45, 2.75) is 33.1 Å². The Morgan fingerprint density at radius 2 is 1.76 bits per heavy atom. The second-order valence-electron chi connectivity index (χ2n) is 3.49. The van der Waals surface area contributed by atoms with E-state index in [2.05, 4.69) is 0 Å². The molecule has 1 aromatic carbocycles. The van der Waals surface area contributed by atoms with E-state index in [0.717, 1.165) is 18.6 Å². The van der Waals surface area contributed by atoms with Gasteiger partial charge in [-0.1, -0.05) is 32.0 Å². The monoisotopic (exact) mass is 238 g/mol. The third kappa shape index (κ3) is 9.42. The highest BCUT2D eigenvalue weighted by atomic mass is 16.5. The number of carbonyl (C=O) groups excluding carboxylic acids is 1. The van der Waals surface area contributed by atoms with Crippen LogP contribution in [0.1, 0.15) is 33.1 Å². The summed E-state index contributed by atoms with van der Waals surface area (Å²) < 4.78 is 9.71. The Labute approximate surface area is 104 Å². The summed E-state index contributed by atoms with van der Waals surface area (Å²) in [6.45, 7) is 4.52. The summed E-state index contributed by atoms with van der Waals surface area (Å²) in [7, 11) is 1.66. The summed E-state index contributed by atoms with van der Waals surface area (Å²) in [6.07, 6.45) is 2.35. The molecule has 0 aliphatic rings. The first kappa shape index (κ1) is 15.5. The number of hydrogen-bond acceptors (Lipinski definition) is 3. The van der Waals surface area contributed by atoms with E-state index in [1.165, 1.54) is 0 Å². The van der Waals surface area contributed by atoms with Gasteiger partial charge < -0.3 is 9.47 Å². The third-order valence-corrected chi connectivity index (χ3v) is 1.90. The van der Waals surface area contributed by atoms with Crippen LogP contribution in [0.5, 0.6) is 5.75 Å². The van der Waals surface area contributed by atoms with Gasteiger partial charge in [0.15, 0.2) is 0 Å². The molecule has 0 amide bonds. The lowest BCUT2D eigenvalue weighted by Gasteiger charge is -1.99. The third-order valence-electron chi connectivity index (χ3n) is 1.90. The second kappa shape index (κ2) is 11.0. The van der Waals surface area contributed by atoms with Crippen LogP contribution >= 0.6 is 0 Å². The number of methoxy groups -OCH3 is 1. The van der Waals surface area contributed by atoms with Crippen molar-refractivity contribution in [2.75, 3.05) is 13.7 Å². The average molecular weight is 238 g/mol. The first-order chi connectivity index (χ1) is 8.24. The molecule has 0 aromatic heterocycles. The molecule has 1 aromatic rings. The molecule has 3 heteroatoms. The summed E-state index contributed by atoms with van der Waals surface area (Å²) in [4.78, 5) is 10.6. The van der Waals surface area contributed by atoms with Crippen molar-refractivity contribution >= 4 is 5.97 Å². The summed E-state index contributed by atoms with van der Waals surface area (Å²) in [5.74, 6) is 0.840. The highest BCUT2D eigenvalue weighted by molar-refractivity contribution is 5.69. The smallest absolute Gasteiger partial charge is 0.305 e. The number of para-hydroxylation sites is 1. The van der Waals surface area contributed by atoms with E-state index < -0.39 is 0 Å². The minimum Gasteiger partial charge on any atom is -0.497 e. The molecule has 0 spiro atoms. The van der Waals surface area contributed by atoms with E-state index in [4.69, 9.17) is 9.47 Å². The zero-order valence-corrected chi connectivity index (χ0v) is 10.9. The van der Waals surface area contributed by atoms with Crippen LogP contribution in [-0.4, -0.2) is 19.7 Å². The van der Waals surface area contributed by atoms with Gasteiger partial charge in [-0.25, -0.2) is 0 Å². The Morgan fingerprint density at radius 3 is 2.18 bits per heavy atom. The molecule has 0 unspecified atom stereocenters. The fourth-order valence-electron chi connectivity index (χ4n) is 1.05. The molecule has 0 saturated carbocycles. The predicted octanol–water partition coefficient (Wildman–Crippen LogP) is 3.43. The quantitative estimate of drug-likeness (QED) is 0.737. The molecule has 96 valence electrons. The van der Waals surface area contributed by atoms with Gasteiger partial charge in [-0.05, 0) is 25.0 Å². The lowest BCUT2D eigenvalue weighted by Crippen LogP contribution is -2.03. The van der Waals surface area contributed by atoms with E-state index in [-0.39, 0.29) is 5.97 Å². The van der Waals surface area contributed by atoms with Crippen molar-refractivity contribution in [3.8, 4) is 5.75 Å². The predicted molar refractivity (Wildman–Crippen MR) is 69.2 cm³/mol. The van der Waals surface area contributed by atoms with Crippen molar-refractivity contribution in [3.05, 3.63) is 30.3 Å². The molecule has 17 heavy (non-hydrogen) atoms. The Balaban J connectivity index is 0.000000302. The normalized spacial score (nSPS) is 8.88. The van der Waals surface area contributed by atoms with Crippen LogP contribution in [0.2, 0.25) is 0 Å². The second-order valence-corrected chi connectivity index (χ2v) is 3.49. The van der Waals surface area contributed by atoms with Gasteiger partial charge >= 0.3 is 5.97 Å². The van der Waals surface area contributed by atoms with Gasteiger partial charge in [0, 0.05) is 6.42 Å². The van der Waals surface area contributed by atoms with Crippen molar-refractivity contribution in [1.82, 2.24) is 0 Å². The van der Waals surface area contributed by atoms with Crippen molar-refractivity contribution in [2.24, 2.45) is 0 Å². The zero-order chi connectivity index (χ0) is 12.9. The van der Waals surface area contributed by atoms with Crippen LogP contribution in [0, 0.1) is 0 Å². The van der Waals surface area contributed by atoms with Crippen molar-refractivity contribution in [3.63, 3.8) is 0 Å². The minimum atomic E-state index is -0.0700. The summed E-state index contributed by atoms with van der Waals surface area (Å²) in [5.41, 5.74) is 0. The maximum absolute atomic E-state index is 10.6. The molecule has 0 N–H and O–H groups in total. The molecule has 0 aliphatic carbocycles. The molecular formula is C14H22O3. The van der Waals surface area contributed by atoms with E-state index in [1.807, 2.05) is 44.2 Å². The van der Waals surface area contributed by atoms with Crippen molar-refractivity contribution < 1.29 is 14.3 Å². The Bertz CT molecular complexity index is 283. The molecule has 0 saturated heterocycles. The molecule has 0 bridgehead atoms. The van der Waals surface area contributed by atoms with E-state index in [0.29, 0.717) is 13.0 Å². The number of hydrogen-bond donors (Lipinski definition) is 0. The Morgan fingerprint density at radius 1 is 1.12 bits per heavy atom. The first-order valence-electron chi connectivity index (χ1n) is 5.99. The maximum atomic E-state index is 10.6. The topological polar surface area (TPSA) is 35.5 Å². The molecule has 0 radical (unpaired) electrons. The fourth-order valence-corrected chi connectivity index (χ4v) is 1.05.